The lowest BCUT2D eigenvalue weighted by Gasteiger charge is -2.11. The maximum atomic E-state index is 12.1. The Kier molecular flexibility index (Phi) is 3.33. The fourth-order valence-corrected chi connectivity index (χ4v) is 2.36. The van der Waals surface area contributed by atoms with Crippen LogP contribution in [0.1, 0.15) is 6.92 Å². The predicted octanol–water partition coefficient (Wildman–Crippen LogP) is -0.225. The zero-order valence-electron chi connectivity index (χ0n) is 6.29. The highest BCUT2D eigenvalue weighted by Crippen LogP contribution is 2.19. The molecule has 5 nitrogen and oxygen atoms in total. The molecule has 0 aliphatic carbocycles. The first-order chi connectivity index (χ1) is 5.52. The number of rotatable bonds is 4. The van der Waals surface area contributed by atoms with E-state index in [-0.39, 0.29) is 6.92 Å². The van der Waals surface area contributed by atoms with Crippen molar-refractivity contribution in [2.24, 2.45) is 0 Å². The molecule has 80 valence electrons. The normalized spacial score (nSPS) is 14.5. The topological polar surface area (TPSA) is 80.3 Å². The van der Waals surface area contributed by atoms with Gasteiger partial charge in [-0.25, -0.2) is 21.2 Å². The van der Waals surface area contributed by atoms with Gasteiger partial charge in [0.1, 0.15) is 0 Å². The monoisotopic (exact) mass is 241 g/mol. The molecule has 0 rings (SSSR count). The van der Waals surface area contributed by atoms with Crippen molar-refractivity contribution in [3.05, 3.63) is 0 Å². The number of sulfonamides is 2. The number of hydrogen-bond acceptors (Lipinski definition) is 4. The number of halogens is 3. The van der Waals surface area contributed by atoms with Gasteiger partial charge in [-0.15, -0.1) is 4.13 Å². The fourth-order valence-electron chi connectivity index (χ4n) is 0.263. The van der Waals surface area contributed by atoms with Crippen molar-refractivity contribution in [1.82, 2.24) is 4.13 Å². The molecule has 0 fully saturated rings. The van der Waals surface area contributed by atoms with E-state index in [0.717, 1.165) is 0 Å². The van der Waals surface area contributed by atoms with Crippen molar-refractivity contribution in [1.29, 1.82) is 0 Å². The molecule has 0 aromatic rings. The molecular formula is C3H6F3NO4S2. The van der Waals surface area contributed by atoms with Gasteiger partial charge >= 0.3 is 5.25 Å². The molecule has 10 heteroatoms. The Hall–Kier alpha value is -0.350. The van der Waals surface area contributed by atoms with E-state index >= 15 is 0 Å². The Morgan fingerprint density at radius 1 is 1.23 bits per heavy atom. The minimum absolute atomic E-state index is 0.0247. The van der Waals surface area contributed by atoms with Crippen LogP contribution in [0.3, 0.4) is 0 Å². The maximum Gasteiger partial charge on any atom is 0.357 e. The van der Waals surface area contributed by atoms with Gasteiger partial charge in [0, 0.05) is 6.92 Å². The first-order valence-electron chi connectivity index (χ1n) is 2.71. The minimum atomic E-state index is -5.38. The molecule has 0 saturated heterocycles. The molecule has 0 unspecified atom stereocenters. The molecule has 0 aliphatic rings. The van der Waals surface area contributed by atoms with Crippen molar-refractivity contribution in [2.45, 2.75) is 12.2 Å². The van der Waals surface area contributed by atoms with E-state index in [0.29, 0.717) is 4.13 Å². The van der Waals surface area contributed by atoms with E-state index in [4.69, 9.17) is 0 Å². The summed E-state index contributed by atoms with van der Waals surface area (Å²) in [5.74, 6) is 0. The smallest absolute Gasteiger partial charge is 0.232 e. The fraction of sp³-hybridized carbons (Fsp3) is 1.00. The van der Waals surface area contributed by atoms with Gasteiger partial charge < -0.3 is 0 Å². The molecule has 0 spiro atoms. The summed E-state index contributed by atoms with van der Waals surface area (Å²) < 4.78 is 77.7. The molecule has 0 saturated carbocycles. The second-order valence-electron chi connectivity index (χ2n) is 2.12. The average Bonchev–Trinajstić information content (AvgIpc) is 1.83. The molecule has 1 N–H and O–H groups in total. The van der Waals surface area contributed by atoms with Gasteiger partial charge in [0.2, 0.25) is 6.01 Å². The van der Waals surface area contributed by atoms with Gasteiger partial charge in [0.05, 0.1) is 0 Å². The van der Waals surface area contributed by atoms with Gasteiger partial charge in [-0.05, 0) is 0 Å². The van der Waals surface area contributed by atoms with Crippen LogP contribution in [0, 0.1) is 0 Å². The third-order valence-corrected chi connectivity index (χ3v) is 3.98. The zero-order chi connectivity index (χ0) is 10.9. The van der Waals surface area contributed by atoms with Crippen molar-refractivity contribution in [2.75, 3.05) is 6.01 Å². The number of alkyl halides is 3. The maximum absolute atomic E-state index is 12.1. The van der Waals surface area contributed by atoms with Gasteiger partial charge in [-0.3, -0.25) is 0 Å². The standard InChI is InChI=1S/C3H6F3NO4S2/c1-3(5,6)13(10,11)7-12(8,9)2-4/h7H,2H2,1H3. The van der Waals surface area contributed by atoms with E-state index in [1.165, 1.54) is 0 Å². The lowest BCUT2D eigenvalue weighted by molar-refractivity contribution is 0.113. The second kappa shape index (κ2) is 3.42. The average molecular weight is 241 g/mol. The van der Waals surface area contributed by atoms with Gasteiger partial charge in [-0.1, -0.05) is 0 Å². The molecule has 0 aromatic heterocycles. The second-order valence-corrected chi connectivity index (χ2v) is 5.96. The quantitative estimate of drug-likeness (QED) is 0.737. The van der Waals surface area contributed by atoms with Crippen molar-refractivity contribution in [3.8, 4) is 0 Å². The largest absolute Gasteiger partial charge is 0.357 e. The highest BCUT2D eigenvalue weighted by atomic mass is 32.3. The van der Waals surface area contributed by atoms with E-state index in [1.54, 1.807) is 0 Å². The molecule has 0 aliphatic heterocycles. The first kappa shape index (κ1) is 12.7. The highest BCUT2D eigenvalue weighted by Gasteiger charge is 2.42. The predicted molar refractivity (Wildman–Crippen MR) is 37.6 cm³/mol. The lowest BCUT2D eigenvalue weighted by atomic mass is 10.9. The van der Waals surface area contributed by atoms with Crippen LogP contribution in [0.4, 0.5) is 13.2 Å². The van der Waals surface area contributed by atoms with Crippen LogP contribution in [0.2, 0.25) is 0 Å². The Bertz CT molecular complexity index is 366. The summed E-state index contributed by atoms with van der Waals surface area (Å²) in [4.78, 5) is 0. The summed E-state index contributed by atoms with van der Waals surface area (Å²) in [6.07, 6.45) is 0. The molecule has 0 heterocycles. The highest BCUT2D eigenvalue weighted by molar-refractivity contribution is 8.05. The number of nitrogens with one attached hydrogen (secondary N) is 1. The lowest BCUT2D eigenvalue weighted by Crippen LogP contribution is -2.41. The van der Waals surface area contributed by atoms with E-state index in [1.807, 2.05) is 0 Å². The van der Waals surface area contributed by atoms with Crippen LogP contribution >= 0.6 is 0 Å². The van der Waals surface area contributed by atoms with Crippen LogP contribution in [0.15, 0.2) is 0 Å². The molecule has 13 heavy (non-hydrogen) atoms. The van der Waals surface area contributed by atoms with Crippen LogP contribution in [0.25, 0.3) is 0 Å². The summed E-state index contributed by atoms with van der Waals surface area (Å²) in [5.41, 5.74) is 0. The molecule has 0 radical (unpaired) electrons. The Morgan fingerprint density at radius 3 is 1.85 bits per heavy atom. The molecule has 0 atom stereocenters. The number of hydrogen-bond donors (Lipinski definition) is 1. The van der Waals surface area contributed by atoms with Crippen molar-refractivity contribution >= 4 is 20.0 Å². The minimum Gasteiger partial charge on any atom is -0.232 e. The van der Waals surface area contributed by atoms with E-state index in [2.05, 4.69) is 0 Å². The Balaban J connectivity index is 4.97. The van der Waals surface area contributed by atoms with Crippen molar-refractivity contribution < 1.29 is 30.0 Å². The van der Waals surface area contributed by atoms with Crippen molar-refractivity contribution in [3.63, 3.8) is 0 Å². The summed E-state index contributed by atoms with van der Waals surface area (Å²) >= 11 is 0. The third kappa shape index (κ3) is 3.48. The van der Waals surface area contributed by atoms with Crippen LogP contribution in [-0.4, -0.2) is 28.1 Å². The molecule has 0 bridgehead atoms. The van der Waals surface area contributed by atoms with Gasteiger partial charge in [0.25, 0.3) is 20.0 Å². The van der Waals surface area contributed by atoms with Crippen LogP contribution < -0.4 is 4.13 Å². The summed E-state index contributed by atoms with van der Waals surface area (Å²) in [7, 11) is -10.2. The van der Waals surface area contributed by atoms with Gasteiger partial charge in [-0.2, -0.15) is 8.78 Å². The molecular weight excluding hydrogens is 235 g/mol. The molecule has 0 amide bonds. The van der Waals surface area contributed by atoms with Crippen LogP contribution in [-0.2, 0) is 20.0 Å². The van der Waals surface area contributed by atoms with Crippen LogP contribution in [0.5, 0.6) is 0 Å². The van der Waals surface area contributed by atoms with Gasteiger partial charge in [0.15, 0.2) is 0 Å². The SMILES string of the molecule is CC(F)(F)S(=O)(=O)NS(=O)(=O)CF. The zero-order valence-corrected chi connectivity index (χ0v) is 7.92. The summed E-state index contributed by atoms with van der Waals surface area (Å²) in [5, 5.41) is -4.28. The molecule has 0 aromatic carbocycles. The Labute approximate surface area is 73.0 Å². The summed E-state index contributed by atoms with van der Waals surface area (Å²) in [6, 6.07) is -2.08. The van der Waals surface area contributed by atoms with E-state index < -0.39 is 31.3 Å². The summed E-state index contributed by atoms with van der Waals surface area (Å²) in [6.45, 7) is -0.0247. The Morgan fingerprint density at radius 2 is 1.62 bits per heavy atom. The first-order valence-corrected chi connectivity index (χ1v) is 5.85. The third-order valence-electron chi connectivity index (χ3n) is 0.852. The van der Waals surface area contributed by atoms with E-state index in [9.17, 15) is 30.0 Å².